The summed E-state index contributed by atoms with van der Waals surface area (Å²) in [6.07, 6.45) is 5.04. The monoisotopic (exact) mass is 278 g/mol. The van der Waals surface area contributed by atoms with Crippen LogP contribution in [-0.4, -0.2) is 15.1 Å². The molecule has 0 radical (unpaired) electrons. The third-order valence-corrected chi connectivity index (χ3v) is 2.92. The van der Waals surface area contributed by atoms with Gasteiger partial charge in [-0.15, -0.1) is 0 Å². The first-order valence-electron chi connectivity index (χ1n) is 4.95. The predicted molar refractivity (Wildman–Crippen MR) is 64.8 cm³/mol. The van der Waals surface area contributed by atoms with E-state index in [9.17, 15) is 5.11 Å². The molecule has 1 atom stereocenters. The fourth-order valence-electron chi connectivity index (χ4n) is 1.48. The van der Waals surface area contributed by atoms with Crippen LogP contribution in [0.15, 0.2) is 47.3 Å². The maximum absolute atomic E-state index is 10.0. The quantitative estimate of drug-likeness (QED) is 0.939. The fourth-order valence-corrected chi connectivity index (χ4v) is 2.00. The van der Waals surface area contributed by atoms with Gasteiger partial charge >= 0.3 is 0 Å². The standard InChI is InChI=1S/C12H11BrN2O/c13-10-4-2-6-15-12(10)11(16)7-9-3-1-5-14-8-9/h1-6,8,11,16H,7H2. The van der Waals surface area contributed by atoms with Crippen molar-refractivity contribution < 1.29 is 5.11 Å². The molecule has 2 rings (SSSR count). The first kappa shape index (κ1) is 11.2. The van der Waals surface area contributed by atoms with Crippen molar-refractivity contribution in [3.63, 3.8) is 0 Å². The van der Waals surface area contributed by atoms with Crippen molar-refractivity contribution in [2.45, 2.75) is 12.5 Å². The van der Waals surface area contributed by atoms with Gasteiger partial charge in [-0.3, -0.25) is 9.97 Å². The molecular formula is C12H11BrN2O. The van der Waals surface area contributed by atoms with Crippen LogP contribution in [0.1, 0.15) is 17.4 Å². The van der Waals surface area contributed by atoms with E-state index in [2.05, 4.69) is 25.9 Å². The van der Waals surface area contributed by atoms with Gasteiger partial charge < -0.3 is 5.11 Å². The summed E-state index contributed by atoms with van der Waals surface area (Å²) in [5, 5.41) is 10.0. The van der Waals surface area contributed by atoms with Gasteiger partial charge in [0.15, 0.2) is 0 Å². The number of halogens is 1. The number of aliphatic hydroxyl groups excluding tert-OH is 1. The maximum atomic E-state index is 10.0. The highest BCUT2D eigenvalue weighted by Gasteiger charge is 2.12. The van der Waals surface area contributed by atoms with Gasteiger partial charge in [-0.1, -0.05) is 6.07 Å². The molecule has 0 spiro atoms. The van der Waals surface area contributed by atoms with Crippen molar-refractivity contribution in [3.8, 4) is 0 Å². The molecule has 82 valence electrons. The van der Waals surface area contributed by atoms with Gasteiger partial charge in [-0.25, -0.2) is 0 Å². The summed E-state index contributed by atoms with van der Waals surface area (Å²) >= 11 is 3.37. The van der Waals surface area contributed by atoms with Gasteiger partial charge in [0.2, 0.25) is 0 Å². The highest BCUT2D eigenvalue weighted by Crippen LogP contribution is 2.23. The van der Waals surface area contributed by atoms with Gasteiger partial charge in [0.1, 0.15) is 6.10 Å². The van der Waals surface area contributed by atoms with Crippen LogP contribution in [0.25, 0.3) is 0 Å². The van der Waals surface area contributed by atoms with E-state index in [4.69, 9.17) is 0 Å². The molecule has 2 heterocycles. The Kier molecular flexibility index (Phi) is 3.64. The van der Waals surface area contributed by atoms with Crippen molar-refractivity contribution in [1.82, 2.24) is 9.97 Å². The van der Waals surface area contributed by atoms with E-state index in [1.54, 1.807) is 18.6 Å². The largest absolute Gasteiger partial charge is 0.386 e. The summed E-state index contributed by atoms with van der Waals surface area (Å²) in [4.78, 5) is 8.17. The van der Waals surface area contributed by atoms with Crippen molar-refractivity contribution in [2.75, 3.05) is 0 Å². The molecule has 2 aromatic rings. The van der Waals surface area contributed by atoms with E-state index in [1.807, 2.05) is 24.3 Å². The minimum absolute atomic E-state index is 0.517. The lowest BCUT2D eigenvalue weighted by molar-refractivity contribution is 0.172. The smallest absolute Gasteiger partial charge is 0.101 e. The molecule has 1 N–H and O–H groups in total. The van der Waals surface area contributed by atoms with Gasteiger partial charge in [-0.05, 0) is 39.7 Å². The van der Waals surface area contributed by atoms with E-state index in [1.165, 1.54) is 0 Å². The molecule has 0 aromatic carbocycles. The van der Waals surface area contributed by atoms with Crippen molar-refractivity contribution in [3.05, 3.63) is 58.6 Å². The van der Waals surface area contributed by atoms with Crippen LogP contribution in [0.4, 0.5) is 0 Å². The van der Waals surface area contributed by atoms with E-state index in [0.29, 0.717) is 12.1 Å². The molecule has 3 nitrogen and oxygen atoms in total. The van der Waals surface area contributed by atoms with Crippen molar-refractivity contribution in [2.24, 2.45) is 0 Å². The van der Waals surface area contributed by atoms with Gasteiger partial charge in [0.25, 0.3) is 0 Å². The number of rotatable bonds is 3. The van der Waals surface area contributed by atoms with E-state index in [-0.39, 0.29) is 0 Å². The second-order valence-electron chi connectivity index (χ2n) is 3.45. The SMILES string of the molecule is OC(Cc1cccnc1)c1ncccc1Br. The number of hydrogen-bond acceptors (Lipinski definition) is 3. The van der Waals surface area contributed by atoms with Crippen LogP contribution in [0, 0.1) is 0 Å². The molecule has 2 aromatic heterocycles. The molecule has 0 saturated carbocycles. The van der Waals surface area contributed by atoms with E-state index in [0.717, 1.165) is 10.0 Å². The van der Waals surface area contributed by atoms with Crippen LogP contribution in [0.5, 0.6) is 0 Å². The van der Waals surface area contributed by atoms with Crippen LogP contribution in [0.3, 0.4) is 0 Å². The predicted octanol–water partition coefficient (Wildman–Crippen LogP) is 2.52. The Labute approximate surface area is 102 Å². The second kappa shape index (κ2) is 5.18. The molecule has 0 aliphatic carbocycles. The van der Waals surface area contributed by atoms with Crippen LogP contribution in [0.2, 0.25) is 0 Å². The highest BCUT2D eigenvalue weighted by molar-refractivity contribution is 9.10. The zero-order chi connectivity index (χ0) is 11.4. The lowest BCUT2D eigenvalue weighted by atomic mass is 10.1. The first-order valence-corrected chi connectivity index (χ1v) is 5.74. The van der Waals surface area contributed by atoms with Crippen LogP contribution in [-0.2, 0) is 6.42 Å². The molecular weight excluding hydrogens is 268 g/mol. The Morgan fingerprint density at radius 1 is 1.25 bits per heavy atom. The molecule has 0 saturated heterocycles. The number of hydrogen-bond donors (Lipinski definition) is 1. The maximum Gasteiger partial charge on any atom is 0.101 e. The third kappa shape index (κ3) is 2.65. The number of pyridine rings is 2. The first-order chi connectivity index (χ1) is 7.77. The zero-order valence-electron chi connectivity index (χ0n) is 8.55. The molecule has 0 bridgehead atoms. The van der Waals surface area contributed by atoms with E-state index >= 15 is 0 Å². The summed E-state index contributed by atoms with van der Waals surface area (Å²) in [6.45, 7) is 0. The lowest BCUT2D eigenvalue weighted by Gasteiger charge is -2.11. The Hall–Kier alpha value is -1.26. The molecule has 4 heteroatoms. The third-order valence-electron chi connectivity index (χ3n) is 2.25. The number of nitrogens with zero attached hydrogens (tertiary/aromatic N) is 2. The molecule has 16 heavy (non-hydrogen) atoms. The molecule has 0 aliphatic heterocycles. The lowest BCUT2D eigenvalue weighted by Crippen LogP contribution is -2.05. The summed E-state index contributed by atoms with van der Waals surface area (Å²) in [7, 11) is 0. The molecule has 0 aliphatic rings. The molecule has 1 unspecified atom stereocenters. The second-order valence-corrected chi connectivity index (χ2v) is 4.31. The minimum Gasteiger partial charge on any atom is -0.386 e. The fraction of sp³-hybridized carbons (Fsp3) is 0.167. The summed E-state index contributed by atoms with van der Waals surface area (Å²) in [5.74, 6) is 0. The topological polar surface area (TPSA) is 46.0 Å². The Bertz CT molecular complexity index is 462. The van der Waals surface area contributed by atoms with Gasteiger partial charge in [0.05, 0.1) is 5.69 Å². The summed E-state index contributed by atoms with van der Waals surface area (Å²) in [6, 6.07) is 7.49. The normalized spacial score (nSPS) is 12.4. The zero-order valence-corrected chi connectivity index (χ0v) is 10.1. The van der Waals surface area contributed by atoms with E-state index < -0.39 is 6.10 Å². The Morgan fingerprint density at radius 3 is 2.75 bits per heavy atom. The summed E-state index contributed by atoms with van der Waals surface area (Å²) < 4.78 is 0.825. The number of aliphatic hydroxyl groups is 1. The number of aromatic nitrogens is 2. The Morgan fingerprint density at radius 2 is 2.06 bits per heavy atom. The highest BCUT2D eigenvalue weighted by atomic mass is 79.9. The van der Waals surface area contributed by atoms with Crippen molar-refractivity contribution >= 4 is 15.9 Å². The molecule has 0 fully saturated rings. The average Bonchev–Trinajstić information content (AvgIpc) is 2.31. The van der Waals surface area contributed by atoms with Crippen molar-refractivity contribution in [1.29, 1.82) is 0 Å². The van der Waals surface area contributed by atoms with Gasteiger partial charge in [-0.2, -0.15) is 0 Å². The Balaban J connectivity index is 2.15. The van der Waals surface area contributed by atoms with Gasteiger partial charge in [0, 0.05) is 29.5 Å². The van der Waals surface area contributed by atoms with Crippen LogP contribution < -0.4 is 0 Å². The molecule has 0 amide bonds. The minimum atomic E-state index is -0.611. The average molecular weight is 279 g/mol. The summed E-state index contributed by atoms with van der Waals surface area (Å²) in [5.41, 5.74) is 1.65. The van der Waals surface area contributed by atoms with Crippen LogP contribution >= 0.6 is 15.9 Å².